The monoisotopic (exact) mass is 288 g/mol. The molecule has 0 aliphatic rings. The van der Waals surface area contributed by atoms with E-state index in [1.165, 1.54) is 16.3 Å². The van der Waals surface area contributed by atoms with Crippen molar-refractivity contribution in [1.29, 1.82) is 0 Å². The first-order chi connectivity index (χ1) is 10.8. The number of nitrogen functional groups attached to an aromatic ring is 1. The van der Waals surface area contributed by atoms with Crippen molar-refractivity contribution < 1.29 is 0 Å². The molecule has 0 amide bonds. The molecule has 0 fully saturated rings. The van der Waals surface area contributed by atoms with Crippen LogP contribution in [0.2, 0.25) is 0 Å². The van der Waals surface area contributed by atoms with Gasteiger partial charge < -0.3 is 10.3 Å². The molecule has 0 bridgehead atoms. The fourth-order valence-electron chi connectivity index (χ4n) is 2.84. The van der Waals surface area contributed by atoms with Gasteiger partial charge in [0, 0.05) is 22.1 Å². The topological polar surface area (TPSA) is 30.9 Å². The molecule has 2 N–H and O–H groups in total. The summed E-state index contributed by atoms with van der Waals surface area (Å²) in [6, 6.07) is 25.0. The molecule has 0 saturated heterocycles. The zero-order chi connectivity index (χ0) is 15.5. The van der Waals surface area contributed by atoms with Crippen LogP contribution in [0, 0.1) is 0 Å². The highest BCUT2D eigenvalue weighted by Gasteiger charge is 2.11. The number of benzene rings is 3. The van der Waals surface area contributed by atoms with Gasteiger partial charge in [-0.25, -0.2) is 0 Å². The van der Waals surface area contributed by atoms with Crippen molar-refractivity contribution in [1.82, 2.24) is 4.57 Å². The first-order valence-corrected chi connectivity index (χ1v) is 7.69. The largest absolute Gasteiger partial charge is 0.399 e. The van der Waals surface area contributed by atoms with E-state index in [0.717, 1.165) is 16.9 Å². The highest BCUT2D eigenvalue weighted by Crippen LogP contribution is 2.32. The summed E-state index contributed by atoms with van der Waals surface area (Å²) >= 11 is 0. The van der Waals surface area contributed by atoms with Crippen molar-refractivity contribution in [2.75, 3.05) is 5.73 Å². The van der Waals surface area contributed by atoms with Crippen LogP contribution >= 0.6 is 0 Å². The summed E-state index contributed by atoms with van der Waals surface area (Å²) in [5, 5.41) is 2.49. The maximum Gasteiger partial charge on any atom is 0.0561 e. The summed E-state index contributed by atoms with van der Waals surface area (Å²) < 4.78 is 2.26. The van der Waals surface area contributed by atoms with Gasteiger partial charge in [0.25, 0.3) is 0 Å². The molecule has 2 heteroatoms. The van der Waals surface area contributed by atoms with E-state index in [1.54, 1.807) is 0 Å². The number of hydrogen-bond donors (Lipinski definition) is 1. The maximum atomic E-state index is 5.98. The molecule has 4 rings (SSSR count). The van der Waals surface area contributed by atoms with E-state index < -0.39 is 0 Å². The standard InChI is InChI=1S/C18H14N2.C2H6/c19-13-10-11-16-15-8-4-5-9-17(15)20(18(16)12-13)14-6-2-1-3-7-14;1-2/h1-12H,19H2;1-2H3. The van der Waals surface area contributed by atoms with Gasteiger partial charge in [-0.1, -0.05) is 56.3 Å². The number of aromatic nitrogens is 1. The summed E-state index contributed by atoms with van der Waals surface area (Å²) in [5.41, 5.74) is 10.3. The van der Waals surface area contributed by atoms with Gasteiger partial charge in [0.1, 0.15) is 0 Å². The van der Waals surface area contributed by atoms with Crippen LogP contribution in [0.3, 0.4) is 0 Å². The number of para-hydroxylation sites is 2. The Hall–Kier alpha value is -2.74. The number of anilines is 1. The second-order valence-corrected chi connectivity index (χ2v) is 4.96. The molecule has 0 aliphatic heterocycles. The number of nitrogens with zero attached hydrogens (tertiary/aromatic N) is 1. The van der Waals surface area contributed by atoms with E-state index in [4.69, 9.17) is 5.73 Å². The molecular weight excluding hydrogens is 268 g/mol. The Balaban J connectivity index is 0.000000693. The first kappa shape index (κ1) is 14.2. The lowest BCUT2D eigenvalue weighted by Gasteiger charge is -2.07. The molecule has 4 aromatic rings. The van der Waals surface area contributed by atoms with Gasteiger partial charge in [-0.05, 0) is 30.3 Å². The molecule has 1 heterocycles. The molecule has 110 valence electrons. The van der Waals surface area contributed by atoms with Crippen molar-refractivity contribution in [3.05, 3.63) is 72.8 Å². The number of nitrogens with two attached hydrogens (primary N) is 1. The molecule has 2 nitrogen and oxygen atoms in total. The molecule has 1 aromatic heterocycles. The molecule has 0 radical (unpaired) electrons. The van der Waals surface area contributed by atoms with Gasteiger partial charge >= 0.3 is 0 Å². The molecule has 0 atom stereocenters. The third-order valence-electron chi connectivity index (χ3n) is 3.71. The van der Waals surface area contributed by atoms with Gasteiger partial charge in [-0.15, -0.1) is 0 Å². The van der Waals surface area contributed by atoms with Gasteiger partial charge in [0.15, 0.2) is 0 Å². The number of hydrogen-bond acceptors (Lipinski definition) is 1. The molecule has 0 aliphatic carbocycles. The van der Waals surface area contributed by atoms with E-state index in [9.17, 15) is 0 Å². The van der Waals surface area contributed by atoms with Crippen molar-refractivity contribution in [2.24, 2.45) is 0 Å². The Bertz CT molecular complexity index is 905. The molecule has 22 heavy (non-hydrogen) atoms. The summed E-state index contributed by atoms with van der Waals surface area (Å²) in [6.45, 7) is 4.00. The van der Waals surface area contributed by atoms with Crippen LogP contribution in [-0.2, 0) is 0 Å². The third-order valence-corrected chi connectivity index (χ3v) is 3.71. The van der Waals surface area contributed by atoms with Crippen LogP contribution in [0.15, 0.2) is 72.8 Å². The van der Waals surface area contributed by atoms with Gasteiger partial charge in [-0.2, -0.15) is 0 Å². The van der Waals surface area contributed by atoms with Crippen molar-refractivity contribution in [3.63, 3.8) is 0 Å². The summed E-state index contributed by atoms with van der Waals surface area (Å²) in [5.74, 6) is 0. The average molecular weight is 288 g/mol. The smallest absolute Gasteiger partial charge is 0.0561 e. The molecular formula is C20H20N2. The highest BCUT2D eigenvalue weighted by atomic mass is 15.0. The van der Waals surface area contributed by atoms with E-state index >= 15 is 0 Å². The maximum absolute atomic E-state index is 5.98. The van der Waals surface area contributed by atoms with Gasteiger partial charge in [-0.3, -0.25) is 0 Å². The summed E-state index contributed by atoms with van der Waals surface area (Å²) in [4.78, 5) is 0. The minimum Gasteiger partial charge on any atom is -0.399 e. The van der Waals surface area contributed by atoms with E-state index in [1.807, 2.05) is 32.0 Å². The zero-order valence-corrected chi connectivity index (χ0v) is 13.0. The number of fused-ring (bicyclic) bond motifs is 3. The van der Waals surface area contributed by atoms with Gasteiger partial charge in [0.2, 0.25) is 0 Å². The van der Waals surface area contributed by atoms with Crippen molar-refractivity contribution >= 4 is 27.5 Å². The van der Waals surface area contributed by atoms with E-state index in [0.29, 0.717) is 0 Å². The Labute approximate surface area is 130 Å². The lowest BCUT2D eigenvalue weighted by Crippen LogP contribution is -1.93. The lowest BCUT2D eigenvalue weighted by molar-refractivity contribution is 1.18. The molecule has 0 unspecified atom stereocenters. The average Bonchev–Trinajstić information content (AvgIpc) is 2.91. The Morgan fingerprint density at radius 2 is 1.32 bits per heavy atom. The molecule has 0 saturated carbocycles. The quantitative estimate of drug-likeness (QED) is 0.468. The Kier molecular flexibility index (Phi) is 3.84. The van der Waals surface area contributed by atoms with Crippen LogP contribution < -0.4 is 5.73 Å². The van der Waals surface area contributed by atoms with Crippen molar-refractivity contribution in [3.8, 4) is 5.69 Å². The Morgan fingerprint density at radius 1 is 0.682 bits per heavy atom. The predicted octanol–water partition coefficient (Wildman–Crippen LogP) is 5.39. The molecule has 3 aromatic carbocycles. The van der Waals surface area contributed by atoms with Crippen LogP contribution in [0.5, 0.6) is 0 Å². The van der Waals surface area contributed by atoms with E-state index in [2.05, 4.69) is 59.2 Å². The van der Waals surface area contributed by atoms with Crippen LogP contribution in [0.4, 0.5) is 5.69 Å². The highest BCUT2D eigenvalue weighted by molar-refractivity contribution is 6.09. The Morgan fingerprint density at radius 3 is 2.09 bits per heavy atom. The second-order valence-electron chi connectivity index (χ2n) is 4.96. The summed E-state index contributed by atoms with van der Waals surface area (Å²) in [6.07, 6.45) is 0. The van der Waals surface area contributed by atoms with Crippen LogP contribution in [-0.4, -0.2) is 4.57 Å². The fourth-order valence-corrected chi connectivity index (χ4v) is 2.84. The van der Waals surface area contributed by atoms with Crippen molar-refractivity contribution in [2.45, 2.75) is 13.8 Å². The summed E-state index contributed by atoms with van der Waals surface area (Å²) in [7, 11) is 0. The zero-order valence-electron chi connectivity index (χ0n) is 13.0. The van der Waals surface area contributed by atoms with E-state index in [-0.39, 0.29) is 0 Å². The second kappa shape index (κ2) is 5.94. The first-order valence-electron chi connectivity index (χ1n) is 7.69. The number of rotatable bonds is 1. The normalized spacial score (nSPS) is 10.5. The fraction of sp³-hybridized carbons (Fsp3) is 0.100. The third kappa shape index (κ3) is 2.23. The molecule has 0 spiro atoms. The SMILES string of the molecule is CC.Nc1ccc2c3ccccc3n(-c3ccccc3)c2c1. The lowest BCUT2D eigenvalue weighted by atomic mass is 10.1. The minimum absolute atomic E-state index is 0.789. The van der Waals surface area contributed by atoms with Gasteiger partial charge in [0.05, 0.1) is 11.0 Å². The van der Waals surface area contributed by atoms with Crippen LogP contribution in [0.1, 0.15) is 13.8 Å². The predicted molar refractivity (Wildman–Crippen MR) is 96.5 cm³/mol. The van der Waals surface area contributed by atoms with Crippen LogP contribution in [0.25, 0.3) is 27.5 Å². The minimum atomic E-state index is 0.789.